The molecule has 2 bridgehead atoms. The van der Waals surface area contributed by atoms with Crippen molar-refractivity contribution in [3.8, 4) is 0 Å². The molecular formula is C37H62O16. The minimum absolute atomic E-state index is 0.0346. The van der Waals surface area contributed by atoms with Crippen LogP contribution in [-0.4, -0.2) is 170 Å². The van der Waals surface area contributed by atoms with Gasteiger partial charge in [0.15, 0.2) is 18.9 Å². The lowest BCUT2D eigenvalue weighted by Gasteiger charge is -2.57. The molecule has 0 unspecified atom stereocenters. The number of ether oxygens (including phenoxy) is 6. The first-order chi connectivity index (χ1) is 25.2. The first-order valence-electron chi connectivity index (χ1n) is 19.3. The number of aliphatic hydroxyl groups is 10. The van der Waals surface area contributed by atoms with Crippen molar-refractivity contribution in [2.75, 3.05) is 26.4 Å². The first-order valence-corrected chi connectivity index (χ1v) is 19.3. The van der Waals surface area contributed by atoms with Crippen molar-refractivity contribution in [2.24, 2.45) is 28.6 Å². The molecule has 16 heteroatoms. The maximum Gasteiger partial charge on any atom is 0.187 e. The van der Waals surface area contributed by atoms with Crippen LogP contribution in [0.3, 0.4) is 0 Å². The van der Waals surface area contributed by atoms with Crippen molar-refractivity contribution in [2.45, 2.75) is 164 Å². The first kappa shape index (κ1) is 41.7. The Balaban J connectivity index is 1.30. The Morgan fingerprint density at radius 1 is 0.623 bits per heavy atom. The van der Waals surface area contributed by atoms with Gasteiger partial charge >= 0.3 is 0 Å². The van der Waals surface area contributed by atoms with E-state index in [1.807, 2.05) is 0 Å². The molecule has 4 aliphatic carbocycles. The summed E-state index contributed by atoms with van der Waals surface area (Å²) in [6.45, 7) is 7.08. The number of hydrogen-bond acceptors (Lipinski definition) is 16. The lowest BCUT2D eigenvalue weighted by atomic mass is 9.49. The van der Waals surface area contributed by atoms with Crippen molar-refractivity contribution >= 4 is 0 Å². The number of fused-ring (bicyclic) bond motifs is 4. The standard InChI is InChI=1S/C37H62O16/c1-17-12-19-9-8-18(17)6-4-7-23-36(2,10-5-11-37(19,23)3)16-48-35-32(53-34-30(47)28(45)25(42)21(14-39)50-34)31(26(43)22(15-40)51-35)52-33-29(46)27(44)24(41)20(13-38)49-33/h18-35,38-47H,1,4-16H2,2-3H3/t18-,19+,20+,21+,22+,23+,24+,25+,26+,27-,28-,29+,30+,31-,32+,33-,34-,35+,36-,37-/m0/s1. The molecule has 0 aromatic carbocycles. The predicted octanol–water partition coefficient (Wildman–Crippen LogP) is -1.58. The lowest BCUT2D eigenvalue weighted by Crippen LogP contribution is -2.67. The van der Waals surface area contributed by atoms with Crippen LogP contribution >= 0.6 is 0 Å². The zero-order valence-electron chi connectivity index (χ0n) is 30.7. The molecule has 306 valence electrons. The van der Waals surface area contributed by atoms with Gasteiger partial charge in [-0.05, 0) is 73.5 Å². The van der Waals surface area contributed by atoms with Crippen molar-refractivity contribution in [3.63, 3.8) is 0 Å². The van der Waals surface area contributed by atoms with Gasteiger partial charge in [-0.2, -0.15) is 0 Å². The van der Waals surface area contributed by atoms with Gasteiger partial charge in [-0.3, -0.25) is 0 Å². The fourth-order valence-corrected chi connectivity index (χ4v) is 10.4. The van der Waals surface area contributed by atoms with E-state index in [-0.39, 0.29) is 23.4 Å². The molecule has 4 saturated carbocycles. The van der Waals surface area contributed by atoms with Crippen LogP contribution in [-0.2, 0) is 28.4 Å². The summed E-state index contributed by atoms with van der Waals surface area (Å²) in [6, 6.07) is 0. The Morgan fingerprint density at radius 2 is 1.17 bits per heavy atom. The maximum absolute atomic E-state index is 11.5. The third-order valence-corrected chi connectivity index (χ3v) is 13.7. The van der Waals surface area contributed by atoms with Gasteiger partial charge in [0.25, 0.3) is 0 Å². The fourth-order valence-electron chi connectivity index (χ4n) is 10.4. The molecule has 3 aliphatic heterocycles. The number of aliphatic hydroxyl groups excluding tert-OH is 10. The van der Waals surface area contributed by atoms with Crippen LogP contribution in [0.25, 0.3) is 0 Å². The van der Waals surface area contributed by atoms with E-state index < -0.39 is 112 Å². The predicted molar refractivity (Wildman–Crippen MR) is 182 cm³/mol. The minimum Gasteiger partial charge on any atom is -0.394 e. The molecule has 0 amide bonds. The van der Waals surface area contributed by atoms with Gasteiger partial charge in [-0.25, -0.2) is 0 Å². The summed E-state index contributed by atoms with van der Waals surface area (Å²) < 4.78 is 36.2. The van der Waals surface area contributed by atoms with E-state index in [1.165, 1.54) is 5.57 Å². The van der Waals surface area contributed by atoms with Crippen LogP contribution in [0.15, 0.2) is 12.2 Å². The van der Waals surface area contributed by atoms with Gasteiger partial charge in [0, 0.05) is 0 Å². The number of hydrogen-bond donors (Lipinski definition) is 10. The summed E-state index contributed by atoms with van der Waals surface area (Å²) in [5.41, 5.74) is 1.05. The molecule has 16 nitrogen and oxygen atoms in total. The smallest absolute Gasteiger partial charge is 0.187 e. The average Bonchev–Trinajstić information content (AvgIpc) is 3.24. The molecule has 20 atom stereocenters. The Bertz CT molecular complexity index is 1220. The van der Waals surface area contributed by atoms with E-state index in [0.29, 0.717) is 11.8 Å². The van der Waals surface area contributed by atoms with E-state index in [9.17, 15) is 51.1 Å². The fraction of sp³-hybridized carbons (Fsp3) is 0.946. The Hall–Kier alpha value is -0.900. The molecule has 7 rings (SSSR count). The van der Waals surface area contributed by atoms with Crippen LogP contribution < -0.4 is 0 Å². The van der Waals surface area contributed by atoms with Crippen LogP contribution in [0.2, 0.25) is 0 Å². The summed E-state index contributed by atoms with van der Waals surface area (Å²) in [4.78, 5) is 0. The highest BCUT2D eigenvalue weighted by molar-refractivity contribution is 5.12. The summed E-state index contributed by atoms with van der Waals surface area (Å²) in [7, 11) is 0. The molecule has 10 N–H and O–H groups in total. The third kappa shape index (κ3) is 8.00. The Morgan fingerprint density at radius 3 is 1.74 bits per heavy atom. The number of rotatable bonds is 10. The molecule has 3 saturated heterocycles. The molecular weight excluding hydrogens is 700 g/mol. The summed E-state index contributed by atoms with van der Waals surface area (Å²) in [6.07, 6.45) is -15.0. The molecule has 0 spiro atoms. The van der Waals surface area contributed by atoms with Crippen molar-refractivity contribution in [1.82, 2.24) is 0 Å². The van der Waals surface area contributed by atoms with Crippen molar-refractivity contribution < 1.29 is 79.5 Å². The van der Waals surface area contributed by atoms with E-state index in [1.54, 1.807) is 0 Å². The molecule has 0 radical (unpaired) electrons. The van der Waals surface area contributed by atoms with E-state index >= 15 is 0 Å². The van der Waals surface area contributed by atoms with Gasteiger partial charge < -0.3 is 79.5 Å². The average molecular weight is 763 g/mol. The third-order valence-electron chi connectivity index (χ3n) is 13.7. The number of allylic oxidation sites excluding steroid dienone is 1. The second-order valence-corrected chi connectivity index (χ2v) is 17.0. The second kappa shape index (κ2) is 16.9. The highest BCUT2D eigenvalue weighted by Crippen LogP contribution is 2.61. The molecule has 7 aliphatic rings. The van der Waals surface area contributed by atoms with Gasteiger partial charge in [0.05, 0.1) is 26.4 Å². The SMILES string of the molecule is C=C1C[C@H]2CC[C@@H]1CCC[C@@H]1[C@](C)(CO[C@@H]3O[C@H](CO)[C@@H](O)[C@H](O[C@@H]4O[C@H](CO)[C@@H](O)[C@H](O)[C@H]4O)[C@H]3O[C@@H]3O[C@H](CO)[C@@H](O)[C@H](O)[C@H]3O)CCC[C@@]21C. The molecule has 7 fully saturated rings. The van der Waals surface area contributed by atoms with Gasteiger partial charge in [-0.1, -0.05) is 38.8 Å². The van der Waals surface area contributed by atoms with Crippen molar-refractivity contribution in [1.29, 1.82) is 0 Å². The normalized spacial score (nSPS) is 52.3. The maximum atomic E-state index is 11.5. The lowest BCUT2D eigenvalue weighted by molar-refractivity contribution is -0.394. The molecule has 0 aromatic rings. The highest BCUT2D eigenvalue weighted by atomic mass is 16.8. The van der Waals surface area contributed by atoms with Gasteiger partial charge in [0.1, 0.15) is 73.2 Å². The second-order valence-electron chi connectivity index (χ2n) is 17.0. The Kier molecular flexibility index (Phi) is 13.3. The highest BCUT2D eigenvalue weighted by Gasteiger charge is 2.57. The van der Waals surface area contributed by atoms with E-state index in [2.05, 4.69) is 20.4 Å². The van der Waals surface area contributed by atoms with Crippen molar-refractivity contribution in [3.05, 3.63) is 12.2 Å². The van der Waals surface area contributed by atoms with Crippen LogP contribution in [0.1, 0.15) is 71.6 Å². The molecule has 53 heavy (non-hydrogen) atoms. The Labute approximate surface area is 310 Å². The summed E-state index contributed by atoms with van der Waals surface area (Å²) in [5, 5.41) is 105. The van der Waals surface area contributed by atoms with Crippen LogP contribution in [0, 0.1) is 28.6 Å². The minimum atomic E-state index is -1.86. The summed E-state index contributed by atoms with van der Waals surface area (Å²) in [5.74, 6) is 1.33. The zero-order valence-corrected chi connectivity index (χ0v) is 30.7. The zero-order chi connectivity index (χ0) is 38.4. The quantitative estimate of drug-likeness (QED) is 0.113. The largest absolute Gasteiger partial charge is 0.394 e. The van der Waals surface area contributed by atoms with Crippen LogP contribution in [0.5, 0.6) is 0 Å². The summed E-state index contributed by atoms with van der Waals surface area (Å²) >= 11 is 0. The topological polar surface area (TPSA) is 258 Å². The van der Waals surface area contributed by atoms with E-state index in [0.717, 1.165) is 57.8 Å². The molecule has 0 aromatic heterocycles. The van der Waals surface area contributed by atoms with Crippen LogP contribution in [0.4, 0.5) is 0 Å². The van der Waals surface area contributed by atoms with Gasteiger partial charge in [-0.15, -0.1) is 0 Å². The molecule has 3 heterocycles. The van der Waals surface area contributed by atoms with E-state index in [4.69, 9.17) is 28.4 Å². The monoisotopic (exact) mass is 762 g/mol. The van der Waals surface area contributed by atoms with Gasteiger partial charge in [0.2, 0.25) is 0 Å².